The molecule has 0 unspecified atom stereocenters. The summed E-state index contributed by atoms with van der Waals surface area (Å²) >= 11 is 0. The summed E-state index contributed by atoms with van der Waals surface area (Å²) in [6.07, 6.45) is 4.60. The highest BCUT2D eigenvalue weighted by atomic mass is 15.1. The second-order valence-corrected chi connectivity index (χ2v) is 4.64. The summed E-state index contributed by atoms with van der Waals surface area (Å²) in [5.41, 5.74) is 3.55. The molecule has 0 spiro atoms. The molecule has 2 aromatic heterocycles. The van der Waals surface area contributed by atoms with Crippen LogP contribution in [0.2, 0.25) is 0 Å². The molecule has 0 saturated heterocycles. The van der Waals surface area contributed by atoms with Gasteiger partial charge in [0.05, 0.1) is 22.7 Å². The molecule has 3 rings (SSSR count). The van der Waals surface area contributed by atoms with Crippen LogP contribution in [0.25, 0.3) is 22.4 Å². The van der Waals surface area contributed by atoms with Crippen molar-refractivity contribution in [1.82, 2.24) is 14.5 Å². The number of hydrogen-bond acceptors (Lipinski definition) is 3. The molecule has 0 radical (unpaired) electrons. The fraction of sp³-hybridized carbons (Fsp3) is 0.188. The number of nitrogens with zero attached hydrogens (tertiary/aromatic N) is 4. The molecule has 0 aliphatic rings. The number of rotatable bonds is 3. The smallest absolute Gasteiger partial charge is 0.142 e. The van der Waals surface area contributed by atoms with Crippen LogP contribution in [0.4, 0.5) is 0 Å². The molecule has 4 heteroatoms. The van der Waals surface area contributed by atoms with E-state index >= 15 is 0 Å². The molecule has 2 heterocycles. The van der Waals surface area contributed by atoms with Crippen LogP contribution >= 0.6 is 0 Å². The van der Waals surface area contributed by atoms with Gasteiger partial charge in [-0.05, 0) is 36.8 Å². The zero-order valence-corrected chi connectivity index (χ0v) is 11.2. The summed E-state index contributed by atoms with van der Waals surface area (Å²) < 4.78 is 2.19. The quantitative estimate of drug-likeness (QED) is 0.727. The topological polar surface area (TPSA) is 54.5 Å². The summed E-state index contributed by atoms with van der Waals surface area (Å²) in [5.74, 6) is 0.907. The number of aryl methyl sites for hydroxylation is 1. The van der Waals surface area contributed by atoms with Crippen LogP contribution in [0.15, 0.2) is 42.7 Å². The Hall–Kier alpha value is -2.67. The molecule has 0 bridgehead atoms. The lowest BCUT2D eigenvalue weighted by atomic mass is 10.2. The molecular weight excluding hydrogens is 248 g/mol. The van der Waals surface area contributed by atoms with Crippen LogP contribution in [0.5, 0.6) is 0 Å². The van der Waals surface area contributed by atoms with Crippen LogP contribution in [0.1, 0.15) is 18.9 Å². The van der Waals surface area contributed by atoms with Gasteiger partial charge in [-0.1, -0.05) is 6.92 Å². The van der Waals surface area contributed by atoms with E-state index in [0.717, 1.165) is 35.4 Å². The van der Waals surface area contributed by atoms with Gasteiger partial charge in [-0.15, -0.1) is 0 Å². The normalized spacial score (nSPS) is 10.6. The maximum absolute atomic E-state index is 9.00. The Balaban J connectivity index is 2.26. The molecule has 0 amide bonds. The Bertz CT molecular complexity index is 781. The number of hydrogen-bond donors (Lipinski definition) is 0. The molecule has 0 aliphatic carbocycles. The van der Waals surface area contributed by atoms with E-state index in [4.69, 9.17) is 5.26 Å². The highest BCUT2D eigenvalue weighted by Gasteiger charge is 2.12. The third kappa shape index (κ3) is 2.04. The fourth-order valence-corrected chi connectivity index (χ4v) is 2.36. The minimum Gasteiger partial charge on any atom is -0.324 e. The number of imidazole rings is 1. The number of fused-ring (bicyclic) bond motifs is 1. The van der Waals surface area contributed by atoms with E-state index in [0.29, 0.717) is 5.56 Å². The van der Waals surface area contributed by atoms with Gasteiger partial charge in [0.25, 0.3) is 0 Å². The molecule has 0 saturated carbocycles. The van der Waals surface area contributed by atoms with Crippen LogP contribution in [-0.4, -0.2) is 14.5 Å². The first-order valence-corrected chi connectivity index (χ1v) is 6.64. The first-order valence-electron chi connectivity index (χ1n) is 6.64. The first-order chi connectivity index (χ1) is 9.83. The molecule has 3 aromatic rings. The molecule has 1 aromatic carbocycles. The van der Waals surface area contributed by atoms with Crippen molar-refractivity contribution < 1.29 is 0 Å². The molecule has 0 N–H and O–H groups in total. The van der Waals surface area contributed by atoms with Crippen molar-refractivity contribution in [2.45, 2.75) is 19.9 Å². The zero-order valence-electron chi connectivity index (χ0n) is 11.2. The third-order valence-electron chi connectivity index (χ3n) is 3.24. The van der Waals surface area contributed by atoms with E-state index in [1.807, 2.05) is 36.5 Å². The number of aromatic nitrogens is 3. The SMILES string of the molecule is CCCn1c(-c2cccnc2)nc2cc(C#N)ccc21. The van der Waals surface area contributed by atoms with E-state index < -0.39 is 0 Å². The summed E-state index contributed by atoms with van der Waals surface area (Å²) in [4.78, 5) is 8.84. The van der Waals surface area contributed by atoms with Crippen LogP contribution in [0, 0.1) is 11.3 Å². The van der Waals surface area contributed by atoms with Gasteiger partial charge < -0.3 is 4.57 Å². The van der Waals surface area contributed by atoms with Crippen LogP contribution < -0.4 is 0 Å². The summed E-state index contributed by atoms with van der Waals surface area (Å²) in [5, 5.41) is 9.00. The van der Waals surface area contributed by atoms with Crippen molar-refractivity contribution >= 4 is 11.0 Å². The average molecular weight is 262 g/mol. The number of nitriles is 1. The van der Waals surface area contributed by atoms with Gasteiger partial charge in [0.2, 0.25) is 0 Å². The average Bonchev–Trinajstić information content (AvgIpc) is 2.86. The second kappa shape index (κ2) is 5.14. The predicted molar refractivity (Wildman–Crippen MR) is 78.0 cm³/mol. The fourth-order valence-electron chi connectivity index (χ4n) is 2.36. The second-order valence-electron chi connectivity index (χ2n) is 4.64. The van der Waals surface area contributed by atoms with Crippen molar-refractivity contribution in [2.75, 3.05) is 0 Å². The molecular formula is C16H14N4. The van der Waals surface area contributed by atoms with Gasteiger partial charge in [-0.25, -0.2) is 4.98 Å². The van der Waals surface area contributed by atoms with Gasteiger partial charge in [0.15, 0.2) is 0 Å². The van der Waals surface area contributed by atoms with E-state index in [1.54, 1.807) is 6.20 Å². The zero-order chi connectivity index (χ0) is 13.9. The minimum atomic E-state index is 0.636. The van der Waals surface area contributed by atoms with Gasteiger partial charge >= 0.3 is 0 Å². The molecule has 0 aliphatic heterocycles. The van der Waals surface area contributed by atoms with Crippen molar-refractivity contribution in [3.05, 3.63) is 48.3 Å². The lowest BCUT2D eigenvalue weighted by Crippen LogP contribution is -1.99. The third-order valence-corrected chi connectivity index (χ3v) is 3.24. The largest absolute Gasteiger partial charge is 0.324 e. The Morgan fingerprint density at radius 1 is 1.30 bits per heavy atom. The van der Waals surface area contributed by atoms with Gasteiger partial charge in [-0.3, -0.25) is 4.98 Å². The number of benzene rings is 1. The summed E-state index contributed by atoms with van der Waals surface area (Å²) in [7, 11) is 0. The Labute approximate surface area is 117 Å². The molecule has 0 fully saturated rings. The van der Waals surface area contributed by atoms with Gasteiger partial charge in [0.1, 0.15) is 5.82 Å². The van der Waals surface area contributed by atoms with E-state index in [-0.39, 0.29) is 0 Å². The highest BCUT2D eigenvalue weighted by Crippen LogP contribution is 2.25. The van der Waals surface area contributed by atoms with Gasteiger partial charge in [-0.2, -0.15) is 5.26 Å². The van der Waals surface area contributed by atoms with Crippen molar-refractivity contribution in [3.63, 3.8) is 0 Å². The number of pyridine rings is 1. The Morgan fingerprint density at radius 3 is 2.90 bits per heavy atom. The maximum atomic E-state index is 9.00. The predicted octanol–water partition coefficient (Wildman–Crippen LogP) is 3.38. The van der Waals surface area contributed by atoms with Crippen molar-refractivity contribution in [1.29, 1.82) is 5.26 Å². The lowest BCUT2D eigenvalue weighted by Gasteiger charge is -2.07. The molecule has 20 heavy (non-hydrogen) atoms. The molecule has 0 atom stereocenters. The van der Waals surface area contributed by atoms with Crippen molar-refractivity contribution in [2.24, 2.45) is 0 Å². The Kier molecular flexibility index (Phi) is 3.18. The summed E-state index contributed by atoms with van der Waals surface area (Å²) in [6, 6.07) is 11.7. The molecule has 98 valence electrons. The maximum Gasteiger partial charge on any atom is 0.142 e. The Morgan fingerprint density at radius 2 is 2.20 bits per heavy atom. The van der Waals surface area contributed by atoms with E-state index in [1.165, 1.54) is 0 Å². The first kappa shape index (κ1) is 12.4. The monoisotopic (exact) mass is 262 g/mol. The van der Waals surface area contributed by atoms with E-state index in [2.05, 4.69) is 27.5 Å². The van der Waals surface area contributed by atoms with Crippen LogP contribution in [0.3, 0.4) is 0 Å². The lowest BCUT2D eigenvalue weighted by molar-refractivity contribution is 0.704. The standard InChI is InChI=1S/C16H14N4/c1-2-8-20-15-6-5-12(10-17)9-14(15)19-16(20)13-4-3-7-18-11-13/h3-7,9,11H,2,8H2,1H3. The highest BCUT2D eigenvalue weighted by molar-refractivity contribution is 5.81. The van der Waals surface area contributed by atoms with Crippen LogP contribution in [-0.2, 0) is 6.54 Å². The van der Waals surface area contributed by atoms with Crippen molar-refractivity contribution in [3.8, 4) is 17.5 Å². The molecule has 4 nitrogen and oxygen atoms in total. The van der Waals surface area contributed by atoms with E-state index in [9.17, 15) is 0 Å². The minimum absolute atomic E-state index is 0.636. The van der Waals surface area contributed by atoms with Gasteiger partial charge in [0, 0.05) is 24.5 Å². The summed E-state index contributed by atoms with van der Waals surface area (Å²) in [6.45, 7) is 3.04.